The number of carbonyl (C=O) groups excluding carboxylic acids is 1. The summed E-state index contributed by atoms with van der Waals surface area (Å²) >= 11 is 0. The minimum Gasteiger partial charge on any atom is -0.335 e. The minimum atomic E-state index is 0.141. The second kappa shape index (κ2) is 9.20. The summed E-state index contributed by atoms with van der Waals surface area (Å²) in [6, 6.07) is 0.518. The molecule has 1 saturated heterocycles. The van der Waals surface area contributed by atoms with E-state index in [9.17, 15) is 4.79 Å². The quantitative estimate of drug-likeness (QED) is 0.831. The van der Waals surface area contributed by atoms with E-state index in [2.05, 4.69) is 28.7 Å². The van der Waals surface area contributed by atoms with Crippen LogP contribution in [0.4, 0.5) is 4.79 Å². The summed E-state index contributed by atoms with van der Waals surface area (Å²) in [7, 11) is 0. The van der Waals surface area contributed by atoms with Crippen LogP contribution in [0.15, 0.2) is 6.20 Å². The van der Waals surface area contributed by atoms with Crippen LogP contribution in [0.1, 0.15) is 70.4 Å². The van der Waals surface area contributed by atoms with Crippen molar-refractivity contribution < 1.29 is 4.79 Å². The molecule has 0 radical (unpaired) electrons. The summed E-state index contributed by atoms with van der Waals surface area (Å²) in [6.45, 7) is 4.74. The van der Waals surface area contributed by atoms with E-state index in [0.29, 0.717) is 12.0 Å². The highest BCUT2D eigenvalue weighted by atomic mass is 16.2. The highest BCUT2D eigenvalue weighted by molar-refractivity contribution is 5.74. The number of amides is 2. The molecule has 2 heterocycles. The number of urea groups is 1. The first-order chi connectivity index (χ1) is 12.2. The van der Waals surface area contributed by atoms with Gasteiger partial charge in [-0.1, -0.05) is 44.2 Å². The zero-order valence-corrected chi connectivity index (χ0v) is 15.6. The molecule has 1 aromatic rings. The molecule has 1 aromatic heterocycles. The van der Waals surface area contributed by atoms with Crippen LogP contribution in [0.5, 0.6) is 0 Å². The summed E-state index contributed by atoms with van der Waals surface area (Å²) in [5.74, 6) is 0.477. The molecule has 1 saturated carbocycles. The van der Waals surface area contributed by atoms with Gasteiger partial charge in [0.15, 0.2) is 0 Å². The van der Waals surface area contributed by atoms with Gasteiger partial charge in [0.25, 0.3) is 0 Å². The number of piperidine rings is 1. The third-order valence-corrected chi connectivity index (χ3v) is 5.53. The van der Waals surface area contributed by atoms with Crippen LogP contribution < -0.4 is 5.32 Å². The van der Waals surface area contributed by atoms with E-state index in [1.54, 1.807) is 0 Å². The van der Waals surface area contributed by atoms with Crippen molar-refractivity contribution >= 4 is 6.03 Å². The van der Waals surface area contributed by atoms with Gasteiger partial charge in [0.2, 0.25) is 0 Å². The first-order valence-corrected chi connectivity index (χ1v) is 10.2. The molecule has 140 valence electrons. The first kappa shape index (κ1) is 18.2. The summed E-state index contributed by atoms with van der Waals surface area (Å²) in [4.78, 5) is 14.7. The van der Waals surface area contributed by atoms with Crippen molar-refractivity contribution in [2.24, 2.45) is 5.92 Å². The average Bonchev–Trinajstić information content (AvgIpc) is 2.89. The van der Waals surface area contributed by atoms with Crippen molar-refractivity contribution in [3.05, 3.63) is 11.9 Å². The van der Waals surface area contributed by atoms with Crippen molar-refractivity contribution in [3.63, 3.8) is 0 Å². The maximum Gasteiger partial charge on any atom is 0.317 e. The number of likely N-dealkylation sites (tertiary alicyclic amines) is 1. The topological polar surface area (TPSA) is 63.1 Å². The number of hydrogen-bond acceptors (Lipinski definition) is 3. The van der Waals surface area contributed by atoms with Gasteiger partial charge in [-0.2, -0.15) is 0 Å². The molecule has 6 nitrogen and oxygen atoms in total. The van der Waals surface area contributed by atoms with Gasteiger partial charge in [0.1, 0.15) is 0 Å². The predicted molar refractivity (Wildman–Crippen MR) is 98.3 cm³/mol. The van der Waals surface area contributed by atoms with E-state index >= 15 is 0 Å². The number of rotatable bonds is 5. The number of nitrogens with zero attached hydrogens (tertiary/aromatic N) is 4. The Labute approximate surface area is 151 Å². The molecule has 1 aliphatic heterocycles. The molecule has 3 rings (SSSR count). The largest absolute Gasteiger partial charge is 0.335 e. The fourth-order valence-electron chi connectivity index (χ4n) is 4.15. The van der Waals surface area contributed by atoms with Gasteiger partial charge in [0, 0.05) is 31.9 Å². The van der Waals surface area contributed by atoms with E-state index in [1.807, 2.05) is 9.58 Å². The average molecular weight is 348 g/mol. The van der Waals surface area contributed by atoms with Crippen molar-refractivity contribution in [1.29, 1.82) is 0 Å². The number of hydrogen-bond donors (Lipinski definition) is 1. The van der Waals surface area contributed by atoms with E-state index in [-0.39, 0.29) is 6.03 Å². The molecule has 2 amide bonds. The summed E-state index contributed by atoms with van der Waals surface area (Å²) < 4.78 is 1.96. The SMILES string of the molecule is CCCc1cn(CC2CCCN(C(=O)NC3CCCCCC3)C2)nn1. The van der Waals surface area contributed by atoms with E-state index in [0.717, 1.165) is 63.9 Å². The molecule has 2 aliphatic rings. The Morgan fingerprint density at radius 1 is 1.20 bits per heavy atom. The van der Waals surface area contributed by atoms with E-state index in [1.165, 1.54) is 25.7 Å². The van der Waals surface area contributed by atoms with Crippen LogP contribution in [0.2, 0.25) is 0 Å². The normalized spacial score (nSPS) is 22.6. The van der Waals surface area contributed by atoms with Crippen molar-refractivity contribution in [2.75, 3.05) is 13.1 Å². The van der Waals surface area contributed by atoms with Crippen LogP contribution in [0.25, 0.3) is 0 Å². The van der Waals surface area contributed by atoms with Gasteiger partial charge in [0.05, 0.1) is 5.69 Å². The number of aryl methyl sites for hydroxylation is 1. The molecule has 1 aliphatic carbocycles. The molecular formula is C19H33N5O. The maximum atomic E-state index is 12.6. The lowest BCUT2D eigenvalue weighted by Crippen LogP contribution is -2.49. The second-order valence-corrected chi connectivity index (χ2v) is 7.77. The Hall–Kier alpha value is -1.59. The van der Waals surface area contributed by atoms with Crippen molar-refractivity contribution in [3.8, 4) is 0 Å². The van der Waals surface area contributed by atoms with Gasteiger partial charge in [-0.05, 0) is 38.0 Å². The lowest BCUT2D eigenvalue weighted by Gasteiger charge is -2.33. The molecule has 1 atom stereocenters. The smallest absolute Gasteiger partial charge is 0.317 e. The molecule has 0 bridgehead atoms. The Kier molecular flexibility index (Phi) is 6.70. The summed E-state index contributed by atoms with van der Waals surface area (Å²) in [6.07, 6.45) is 13.8. The van der Waals surface area contributed by atoms with Gasteiger partial charge in [-0.3, -0.25) is 4.68 Å². The van der Waals surface area contributed by atoms with Gasteiger partial charge in [-0.15, -0.1) is 5.10 Å². The molecule has 0 spiro atoms. The second-order valence-electron chi connectivity index (χ2n) is 7.77. The molecule has 25 heavy (non-hydrogen) atoms. The van der Waals surface area contributed by atoms with Crippen LogP contribution in [-0.4, -0.2) is 45.1 Å². The number of carbonyl (C=O) groups is 1. The third-order valence-electron chi connectivity index (χ3n) is 5.53. The van der Waals surface area contributed by atoms with Gasteiger partial charge in [-0.25, -0.2) is 4.79 Å². The predicted octanol–water partition coefficient (Wildman–Crippen LogP) is 3.38. The zero-order chi connectivity index (χ0) is 17.5. The first-order valence-electron chi connectivity index (χ1n) is 10.2. The van der Waals surface area contributed by atoms with Crippen molar-refractivity contribution in [1.82, 2.24) is 25.2 Å². The van der Waals surface area contributed by atoms with E-state index in [4.69, 9.17) is 0 Å². The third kappa shape index (κ3) is 5.44. The fraction of sp³-hybridized carbons (Fsp3) is 0.842. The summed E-state index contributed by atoms with van der Waals surface area (Å²) in [5.41, 5.74) is 1.07. The fourth-order valence-corrected chi connectivity index (χ4v) is 4.15. The Morgan fingerprint density at radius 2 is 2.00 bits per heavy atom. The highest BCUT2D eigenvalue weighted by Crippen LogP contribution is 2.20. The van der Waals surface area contributed by atoms with Crippen molar-refractivity contribution in [2.45, 2.75) is 83.7 Å². The molecule has 6 heteroatoms. The minimum absolute atomic E-state index is 0.141. The molecule has 0 aromatic carbocycles. The van der Waals surface area contributed by atoms with E-state index < -0.39 is 0 Å². The van der Waals surface area contributed by atoms with Gasteiger partial charge < -0.3 is 10.2 Å². The number of nitrogens with one attached hydrogen (secondary N) is 1. The van der Waals surface area contributed by atoms with Crippen LogP contribution >= 0.6 is 0 Å². The Bertz CT molecular complexity index is 536. The molecule has 1 unspecified atom stereocenters. The van der Waals surface area contributed by atoms with Gasteiger partial charge >= 0.3 is 6.03 Å². The molecule has 2 fully saturated rings. The Morgan fingerprint density at radius 3 is 2.76 bits per heavy atom. The lowest BCUT2D eigenvalue weighted by atomic mass is 9.98. The highest BCUT2D eigenvalue weighted by Gasteiger charge is 2.26. The van der Waals surface area contributed by atoms with Crippen LogP contribution in [0, 0.1) is 5.92 Å². The summed E-state index contributed by atoms with van der Waals surface area (Å²) in [5, 5.41) is 11.8. The molecular weight excluding hydrogens is 314 g/mol. The monoisotopic (exact) mass is 347 g/mol. The lowest BCUT2D eigenvalue weighted by molar-refractivity contribution is 0.153. The Balaban J connectivity index is 1.48. The standard InChI is InChI=1S/C19H33N5O/c1-2-8-18-15-24(22-21-18)14-16-9-7-12-23(13-16)19(25)20-17-10-5-3-4-6-11-17/h15-17H,2-14H2,1H3,(H,20,25). The zero-order valence-electron chi connectivity index (χ0n) is 15.6. The van der Waals surface area contributed by atoms with Crippen LogP contribution in [-0.2, 0) is 13.0 Å². The number of aromatic nitrogens is 3. The van der Waals surface area contributed by atoms with Crippen LogP contribution in [0.3, 0.4) is 0 Å². The maximum absolute atomic E-state index is 12.6. The molecule has 1 N–H and O–H groups in total.